The molecule has 1 aliphatic rings. The van der Waals surface area contributed by atoms with Crippen molar-refractivity contribution in [1.29, 1.82) is 0 Å². The molecule has 3 N–H and O–H groups in total. The number of hydrogen-bond acceptors (Lipinski definition) is 3. The molecule has 1 aromatic rings. The highest BCUT2D eigenvalue weighted by atomic mass is 79.9. The largest absolute Gasteiger partial charge is 0.324 e. The Morgan fingerprint density at radius 2 is 1.94 bits per heavy atom. The maximum absolute atomic E-state index is 11.8. The summed E-state index contributed by atoms with van der Waals surface area (Å²) < 4.78 is 0.885. The van der Waals surface area contributed by atoms with Crippen molar-refractivity contribution >= 4 is 33.6 Å². The summed E-state index contributed by atoms with van der Waals surface area (Å²) in [5.41, 5.74) is 5.95. The Bertz CT molecular complexity index is 496. The van der Waals surface area contributed by atoms with Crippen LogP contribution < -0.4 is 11.1 Å². The van der Waals surface area contributed by atoms with Gasteiger partial charge in [0.1, 0.15) is 11.8 Å². The van der Waals surface area contributed by atoms with Crippen molar-refractivity contribution in [3.05, 3.63) is 34.3 Å². The van der Waals surface area contributed by atoms with Gasteiger partial charge in [0, 0.05) is 4.47 Å². The van der Waals surface area contributed by atoms with Crippen LogP contribution in [0.3, 0.4) is 0 Å². The topological polar surface area (TPSA) is 84.5 Å². The van der Waals surface area contributed by atoms with Gasteiger partial charge in [-0.3, -0.25) is 9.59 Å². The predicted octanol–water partition coefficient (Wildman–Crippen LogP) is 0.546. The summed E-state index contributed by atoms with van der Waals surface area (Å²) in [5, 5.41) is 2.51. The van der Waals surface area contributed by atoms with Crippen LogP contribution in [0.2, 0.25) is 0 Å². The van der Waals surface area contributed by atoms with Gasteiger partial charge >= 0.3 is 0 Å². The number of carbonyl (C=O) groups excluding carboxylic acids is 2. The second-order valence-electron chi connectivity index (χ2n) is 3.57. The molecule has 0 aromatic heterocycles. The van der Waals surface area contributed by atoms with Gasteiger partial charge < -0.3 is 11.1 Å². The van der Waals surface area contributed by atoms with Gasteiger partial charge in [0.25, 0.3) is 5.91 Å². The van der Waals surface area contributed by atoms with Gasteiger partial charge in [-0.1, -0.05) is 28.1 Å². The lowest BCUT2D eigenvalue weighted by atomic mass is 9.96. The van der Waals surface area contributed by atoms with Crippen LogP contribution in [0.5, 0.6) is 0 Å². The number of nitrogens with zero attached hydrogens (tertiary/aromatic N) is 1. The molecule has 0 fully saturated rings. The molecule has 0 bridgehead atoms. The van der Waals surface area contributed by atoms with E-state index in [0.29, 0.717) is 5.56 Å². The lowest BCUT2D eigenvalue weighted by Gasteiger charge is -2.19. The number of nitrogens with one attached hydrogen (secondary N) is 1. The van der Waals surface area contributed by atoms with Crippen LogP contribution in [0.15, 0.2) is 33.7 Å². The van der Waals surface area contributed by atoms with E-state index in [-0.39, 0.29) is 18.3 Å². The van der Waals surface area contributed by atoms with Gasteiger partial charge in [-0.15, -0.1) is 0 Å². The number of benzene rings is 1. The van der Waals surface area contributed by atoms with Crippen molar-refractivity contribution in [2.75, 3.05) is 6.54 Å². The van der Waals surface area contributed by atoms with E-state index < -0.39 is 11.8 Å². The number of rotatable bonds is 2. The molecule has 1 aliphatic heterocycles. The number of carbonyl (C=O) groups is 2. The first kappa shape index (κ1) is 11.9. The maximum atomic E-state index is 11.8. The van der Waals surface area contributed by atoms with E-state index in [2.05, 4.69) is 26.2 Å². The normalized spacial score (nSPS) is 19.9. The van der Waals surface area contributed by atoms with Crippen LogP contribution in [-0.2, 0) is 9.59 Å². The van der Waals surface area contributed by atoms with E-state index in [1.54, 1.807) is 24.3 Å². The summed E-state index contributed by atoms with van der Waals surface area (Å²) in [4.78, 5) is 27.3. The summed E-state index contributed by atoms with van der Waals surface area (Å²) in [6.45, 7) is 0.0462. The first-order valence-corrected chi connectivity index (χ1v) is 5.79. The van der Waals surface area contributed by atoms with Crippen molar-refractivity contribution in [3.8, 4) is 0 Å². The number of nitrogens with two attached hydrogens (primary N) is 1. The molecule has 17 heavy (non-hydrogen) atoms. The Labute approximate surface area is 106 Å². The zero-order valence-electron chi connectivity index (χ0n) is 8.81. The van der Waals surface area contributed by atoms with E-state index in [0.717, 1.165) is 4.47 Å². The van der Waals surface area contributed by atoms with Crippen molar-refractivity contribution in [1.82, 2.24) is 5.32 Å². The van der Waals surface area contributed by atoms with Crippen LogP contribution in [0.25, 0.3) is 0 Å². The van der Waals surface area contributed by atoms with E-state index in [1.165, 1.54) is 0 Å². The second kappa shape index (κ2) is 4.77. The highest BCUT2D eigenvalue weighted by Gasteiger charge is 2.32. The Morgan fingerprint density at radius 1 is 1.29 bits per heavy atom. The molecule has 1 heterocycles. The minimum atomic E-state index is -0.876. The van der Waals surface area contributed by atoms with Crippen LogP contribution in [-0.4, -0.2) is 24.2 Å². The van der Waals surface area contributed by atoms with Crippen molar-refractivity contribution in [3.63, 3.8) is 0 Å². The van der Waals surface area contributed by atoms with Gasteiger partial charge in [0.2, 0.25) is 5.91 Å². The Morgan fingerprint density at radius 3 is 2.47 bits per heavy atom. The quantitative estimate of drug-likeness (QED) is 0.781. The highest BCUT2D eigenvalue weighted by Crippen LogP contribution is 2.22. The Kier molecular flexibility index (Phi) is 3.35. The maximum Gasteiger partial charge on any atom is 0.264 e. The molecule has 1 unspecified atom stereocenters. The SMILES string of the molecule is NCC1=NC(=O)C(c2ccc(Br)cc2)C(=O)N1. The van der Waals surface area contributed by atoms with E-state index in [1.807, 2.05) is 0 Å². The van der Waals surface area contributed by atoms with Crippen LogP contribution in [0.4, 0.5) is 0 Å². The third-order valence-corrected chi connectivity index (χ3v) is 2.95. The molecule has 0 aliphatic carbocycles. The van der Waals surface area contributed by atoms with Crippen molar-refractivity contribution in [2.45, 2.75) is 5.92 Å². The molecular weight excluding hydrogens is 286 g/mol. The fourth-order valence-electron chi connectivity index (χ4n) is 1.60. The number of hydrogen-bond donors (Lipinski definition) is 2. The zero-order chi connectivity index (χ0) is 12.4. The van der Waals surface area contributed by atoms with E-state index in [4.69, 9.17) is 5.73 Å². The summed E-state index contributed by atoms with van der Waals surface area (Å²) in [7, 11) is 0. The van der Waals surface area contributed by atoms with Gasteiger partial charge in [0.15, 0.2) is 0 Å². The first-order chi connectivity index (χ1) is 8.11. The van der Waals surface area contributed by atoms with Crippen molar-refractivity contribution in [2.24, 2.45) is 10.7 Å². The van der Waals surface area contributed by atoms with Crippen molar-refractivity contribution < 1.29 is 9.59 Å². The van der Waals surface area contributed by atoms with Gasteiger partial charge in [-0.05, 0) is 17.7 Å². The van der Waals surface area contributed by atoms with Crippen LogP contribution in [0.1, 0.15) is 11.5 Å². The highest BCUT2D eigenvalue weighted by molar-refractivity contribution is 9.10. The third-order valence-electron chi connectivity index (χ3n) is 2.42. The summed E-state index contributed by atoms with van der Waals surface area (Å²) >= 11 is 3.29. The number of amides is 2. The van der Waals surface area contributed by atoms with E-state index in [9.17, 15) is 9.59 Å². The Hall–Kier alpha value is -1.53. The van der Waals surface area contributed by atoms with Gasteiger partial charge in [0.05, 0.1) is 6.54 Å². The minimum absolute atomic E-state index is 0.0462. The van der Waals surface area contributed by atoms with Crippen LogP contribution in [0, 0.1) is 0 Å². The summed E-state index contributed by atoms with van der Waals surface area (Å²) in [6.07, 6.45) is 0. The number of amidine groups is 1. The number of aliphatic imine (C=N–C) groups is 1. The standard InChI is InChI=1S/C11H10BrN3O2/c12-7-3-1-6(2-4-7)9-10(16)14-8(5-13)15-11(9)17/h1-4,9H,5,13H2,(H,14,15,16,17). The average Bonchev–Trinajstić information content (AvgIpc) is 2.30. The van der Waals surface area contributed by atoms with E-state index >= 15 is 0 Å². The fourth-order valence-corrected chi connectivity index (χ4v) is 1.86. The summed E-state index contributed by atoms with van der Waals surface area (Å²) in [5.74, 6) is -1.52. The molecule has 0 saturated heterocycles. The fraction of sp³-hybridized carbons (Fsp3) is 0.182. The minimum Gasteiger partial charge on any atom is -0.324 e. The average molecular weight is 296 g/mol. The number of halogens is 1. The molecule has 1 atom stereocenters. The predicted molar refractivity (Wildman–Crippen MR) is 66.5 cm³/mol. The molecule has 5 nitrogen and oxygen atoms in total. The molecule has 1 aromatic carbocycles. The monoisotopic (exact) mass is 295 g/mol. The zero-order valence-corrected chi connectivity index (χ0v) is 10.4. The molecular formula is C11H10BrN3O2. The second-order valence-corrected chi connectivity index (χ2v) is 4.49. The molecule has 6 heteroatoms. The molecule has 0 spiro atoms. The molecule has 88 valence electrons. The summed E-state index contributed by atoms with van der Waals surface area (Å²) in [6, 6.07) is 6.99. The molecule has 0 radical (unpaired) electrons. The smallest absolute Gasteiger partial charge is 0.264 e. The third kappa shape index (κ3) is 2.42. The lowest BCUT2D eigenvalue weighted by Crippen LogP contribution is -2.45. The molecule has 2 amide bonds. The van der Waals surface area contributed by atoms with Gasteiger partial charge in [-0.25, -0.2) is 0 Å². The lowest BCUT2D eigenvalue weighted by molar-refractivity contribution is -0.129. The van der Waals surface area contributed by atoms with Gasteiger partial charge in [-0.2, -0.15) is 4.99 Å². The Balaban J connectivity index is 2.34. The van der Waals surface area contributed by atoms with Crippen LogP contribution >= 0.6 is 15.9 Å². The molecule has 2 rings (SSSR count). The first-order valence-electron chi connectivity index (χ1n) is 4.99. The molecule has 0 saturated carbocycles.